The summed E-state index contributed by atoms with van der Waals surface area (Å²) in [5, 5.41) is 12.0. The summed E-state index contributed by atoms with van der Waals surface area (Å²) >= 11 is 1.52. The standard InChI is InChI=1S/C15H15NO3S/c17-14(16-8-4-3-6-12(16)15(18)19)11-9-20-13-7-2-1-5-10(11)13/h1-2,5,7,9,12H,3-4,6,8H2,(H,18,19)/t12-/m0/s1. The van der Waals surface area contributed by atoms with Crippen LogP contribution in [0.3, 0.4) is 0 Å². The van der Waals surface area contributed by atoms with Crippen LogP contribution in [-0.4, -0.2) is 34.5 Å². The first-order chi connectivity index (χ1) is 9.68. The SMILES string of the molecule is O=C(O)[C@@H]1CCCCN1C(=O)c1csc2ccccc12. The topological polar surface area (TPSA) is 57.6 Å². The van der Waals surface area contributed by atoms with Crippen LogP contribution in [0.25, 0.3) is 10.1 Å². The summed E-state index contributed by atoms with van der Waals surface area (Å²) in [6.07, 6.45) is 2.28. The first-order valence-electron chi connectivity index (χ1n) is 6.68. The van der Waals surface area contributed by atoms with Crippen molar-refractivity contribution < 1.29 is 14.7 Å². The van der Waals surface area contributed by atoms with Crippen LogP contribution in [0, 0.1) is 0 Å². The molecule has 0 unspecified atom stereocenters. The highest BCUT2D eigenvalue weighted by atomic mass is 32.1. The van der Waals surface area contributed by atoms with Gasteiger partial charge in [0.1, 0.15) is 6.04 Å². The zero-order chi connectivity index (χ0) is 14.1. The largest absolute Gasteiger partial charge is 0.480 e. The van der Waals surface area contributed by atoms with Gasteiger partial charge in [0.25, 0.3) is 5.91 Å². The second-order valence-corrected chi connectivity index (χ2v) is 5.91. The van der Waals surface area contributed by atoms with E-state index in [1.54, 1.807) is 0 Å². The lowest BCUT2D eigenvalue weighted by Gasteiger charge is -2.32. The number of hydrogen-bond acceptors (Lipinski definition) is 3. The van der Waals surface area contributed by atoms with Crippen molar-refractivity contribution in [2.24, 2.45) is 0 Å². The maximum absolute atomic E-state index is 12.7. The van der Waals surface area contributed by atoms with E-state index in [0.29, 0.717) is 18.5 Å². The van der Waals surface area contributed by atoms with E-state index < -0.39 is 12.0 Å². The lowest BCUT2D eigenvalue weighted by atomic mass is 10.0. The van der Waals surface area contributed by atoms with E-state index >= 15 is 0 Å². The summed E-state index contributed by atoms with van der Waals surface area (Å²) in [5.74, 6) is -1.06. The van der Waals surface area contributed by atoms with Crippen molar-refractivity contribution in [3.63, 3.8) is 0 Å². The molecule has 2 aromatic rings. The minimum absolute atomic E-state index is 0.158. The number of rotatable bonds is 2. The molecule has 1 aliphatic heterocycles. The maximum Gasteiger partial charge on any atom is 0.326 e. The molecule has 1 N–H and O–H groups in total. The van der Waals surface area contributed by atoms with Crippen LogP contribution in [0.1, 0.15) is 29.6 Å². The molecule has 0 saturated carbocycles. The molecule has 104 valence electrons. The van der Waals surface area contributed by atoms with Crippen LogP contribution < -0.4 is 0 Å². The fourth-order valence-corrected chi connectivity index (χ4v) is 3.66. The zero-order valence-corrected chi connectivity index (χ0v) is 11.7. The summed E-state index contributed by atoms with van der Waals surface area (Å²) in [7, 11) is 0. The Morgan fingerprint density at radius 2 is 2.05 bits per heavy atom. The van der Waals surface area contributed by atoms with E-state index in [-0.39, 0.29) is 5.91 Å². The molecule has 1 amide bonds. The van der Waals surface area contributed by atoms with Gasteiger partial charge in [0.2, 0.25) is 0 Å². The predicted octanol–water partition coefficient (Wildman–Crippen LogP) is 2.98. The van der Waals surface area contributed by atoms with Crippen molar-refractivity contribution in [1.29, 1.82) is 0 Å². The third-order valence-electron chi connectivity index (χ3n) is 3.76. The van der Waals surface area contributed by atoms with E-state index in [1.165, 1.54) is 16.2 Å². The smallest absolute Gasteiger partial charge is 0.326 e. The van der Waals surface area contributed by atoms with Gasteiger partial charge in [0.05, 0.1) is 5.56 Å². The molecule has 1 aromatic carbocycles. The number of aliphatic carboxylic acids is 1. The quantitative estimate of drug-likeness (QED) is 0.924. The lowest BCUT2D eigenvalue weighted by molar-refractivity contribution is -0.143. The summed E-state index contributed by atoms with van der Waals surface area (Å²) in [4.78, 5) is 25.5. The highest BCUT2D eigenvalue weighted by Crippen LogP contribution is 2.28. The zero-order valence-electron chi connectivity index (χ0n) is 10.9. The number of nitrogens with zero attached hydrogens (tertiary/aromatic N) is 1. The minimum Gasteiger partial charge on any atom is -0.480 e. The highest BCUT2D eigenvalue weighted by Gasteiger charge is 2.33. The molecule has 20 heavy (non-hydrogen) atoms. The fourth-order valence-electron chi connectivity index (χ4n) is 2.73. The van der Waals surface area contributed by atoms with Crippen LogP contribution in [0.4, 0.5) is 0 Å². The molecule has 1 atom stereocenters. The van der Waals surface area contributed by atoms with Crippen LogP contribution in [0.2, 0.25) is 0 Å². The third kappa shape index (κ3) is 2.18. The van der Waals surface area contributed by atoms with Crippen LogP contribution in [0.15, 0.2) is 29.6 Å². The van der Waals surface area contributed by atoms with Crippen LogP contribution in [0.5, 0.6) is 0 Å². The average molecular weight is 289 g/mol. The number of benzene rings is 1. The molecule has 1 fully saturated rings. The molecule has 0 bridgehead atoms. The van der Waals surface area contributed by atoms with Gasteiger partial charge in [-0.3, -0.25) is 4.79 Å². The molecular formula is C15H15NO3S. The van der Waals surface area contributed by atoms with Crippen molar-refractivity contribution in [2.45, 2.75) is 25.3 Å². The Bertz CT molecular complexity index is 664. The van der Waals surface area contributed by atoms with Gasteiger partial charge >= 0.3 is 5.97 Å². The van der Waals surface area contributed by atoms with Gasteiger partial charge in [-0.05, 0) is 25.3 Å². The average Bonchev–Trinajstić information content (AvgIpc) is 2.90. The van der Waals surface area contributed by atoms with Crippen LogP contribution >= 0.6 is 11.3 Å². The van der Waals surface area contributed by atoms with E-state index in [0.717, 1.165) is 22.9 Å². The van der Waals surface area contributed by atoms with E-state index in [9.17, 15) is 14.7 Å². The predicted molar refractivity (Wildman–Crippen MR) is 78.1 cm³/mol. The van der Waals surface area contributed by atoms with Gasteiger partial charge in [-0.15, -0.1) is 11.3 Å². The molecule has 2 heterocycles. The van der Waals surface area contributed by atoms with Crippen molar-refractivity contribution in [3.8, 4) is 0 Å². The number of likely N-dealkylation sites (tertiary alicyclic amines) is 1. The molecule has 0 aliphatic carbocycles. The Kier molecular flexibility index (Phi) is 3.44. The molecule has 5 heteroatoms. The Labute approximate surface area is 120 Å². The lowest BCUT2D eigenvalue weighted by Crippen LogP contribution is -2.47. The van der Waals surface area contributed by atoms with Gasteiger partial charge in [-0.2, -0.15) is 0 Å². The number of carbonyl (C=O) groups is 2. The number of amides is 1. The number of carboxylic acid groups (broad SMARTS) is 1. The number of piperidine rings is 1. The van der Waals surface area contributed by atoms with Crippen LogP contribution in [-0.2, 0) is 4.79 Å². The highest BCUT2D eigenvalue weighted by molar-refractivity contribution is 7.17. The van der Waals surface area contributed by atoms with Gasteiger partial charge < -0.3 is 10.0 Å². The van der Waals surface area contributed by atoms with Crippen molar-refractivity contribution in [1.82, 2.24) is 4.90 Å². The molecule has 1 aromatic heterocycles. The molecular weight excluding hydrogens is 274 g/mol. The van der Waals surface area contributed by atoms with Gasteiger partial charge in [0.15, 0.2) is 0 Å². The Morgan fingerprint density at radius 1 is 1.25 bits per heavy atom. The molecule has 0 spiro atoms. The summed E-state index contributed by atoms with van der Waals surface area (Å²) in [6.45, 7) is 0.528. The van der Waals surface area contributed by atoms with Gasteiger partial charge in [-0.1, -0.05) is 18.2 Å². The fraction of sp³-hybridized carbons (Fsp3) is 0.333. The minimum atomic E-state index is -0.905. The summed E-state index contributed by atoms with van der Waals surface area (Å²) in [5.41, 5.74) is 0.624. The Morgan fingerprint density at radius 3 is 2.85 bits per heavy atom. The third-order valence-corrected chi connectivity index (χ3v) is 4.72. The molecule has 1 saturated heterocycles. The first kappa shape index (κ1) is 13.1. The Hall–Kier alpha value is -1.88. The van der Waals surface area contributed by atoms with Crippen molar-refractivity contribution in [3.05, 3.63) is 35.2 Å². The Balaban J connectivity index is 1.96. The van der Waals surface area contributed by atoms with E-state index in [2.05, 4.69) is 0 Å². The van der Waals surface area contributed by atoms with Gasteiger partial charge in [0, 0.05) is 22.0 Å². The first-order valence-corrected chi connectivity index (χ1v) is 7.56. The van der Waals surface area contributed by atoms with Crippen molar-refractivity contribution >= 4 is 33.3 Å². The monoisotopic (exact) mass is 289 g/mol. The summed E-state index contributed by atoms with van der Waals surface area (Å²) in [6, 6.07) is 7.04. The van der Waals surface area contributed by atoms with Gasteiger partial charge in [-0.25, -0.2) is 4.79 Å². The maximum atomic E-state index is 12.7. The molecule has 3 rings (SSSR count). The molecule has 0 radical (unpaired) electrons. The second kappa shape index (κ2) is 5.25. The number of thiophene rings is 1. The number of hydrogen-bond donors (Lipinski definition) is 1. The number of fused-ring (bicyclic) bond motifs is 1. The van der Waals surface area contributed by atoms with Crippen molar-refractivity contribution in [2.75, 3.05) is 6.54 Å². The number of carboxylic acids is 1. The van der Waals surface area contributed by atoms with E-state index in [1.807, 2.05) is 29.6 Å². The summed E-state index contributed by atoms with van der Waals surface area (Å²) < 4.78 is 1.06. The molecule has 4 nitrogen and oxygen atoms in total. The van der Waals surface area contributed by atoms with E-state index in [4.69, 9.17) is 0 Å². The molecule has 1 aliphatic rings. The second-order valence-electron chi connectivity index (χ2n) is 4.99. The number of carbonyl (C=O) groups excluding carboxylic acids is 1. The normalized spacial score (nSPS) is 19.2.